The van der Waals surface area contributed by atoms with Crippen LogP contribution in [0.15, 0.2) is 0 Å². The standard InChI is InChI=1S/C15H28N2O/c1-3-10(2)14(16)15(18)17-13-9-12(13)11-7-5-4-6-8-11/h10-14H,3-9,16H2,1-2H3,(H,17,18). The average Bonchev–Trinajstić information content (AvgIpc) is 3.17. The molecule has 0 radical (unpaired) electrons. The van der Waals surface area contributed by atoms with Gasteiger partial charge >= 0.3 is 0 Å². The Morgan fingerprint density at radius 3 is 2.61 bits per heavy atom. The molecule has 18 heavy (non-hydrogen) atoms. The summed E-state index contributed by atoms with van der Waals surface area (Å²) in [6.45, 7) is 4.13. The molecule has 3 heteroatoms. The highest BCUT2D eigenvalue weighted by atomic mass is 16.2. The third kappa shape index (κ3) is 3.25. The minimum atomic E-state index is -0.331. The van der Waals surface area contributed by atoms with Crippen molar-refractivity contribution in [3.05, 3.63) is 0 Å². The second kappa shape index (κ2) is 6.05. The molecule has 0 heterocycles. The summed E-state index contributed by atoms with van der Waals surface area (Å²) in [4.78, 5) is 12.0. The number of hydrogen-bond donors (Lipinski definition) is 2. The highest BCUT2D eigenvalue weighted by Crippen LogP contribution is 2.44. The Labute approximate surface area is 111 Å². The summed E-state index contributed by atoms with van der Waals surface area (Å²) in [5.41, 5.74) is 5.96. The van der Waals surface area contributed by atoms with Gasteiger partial charge in [0.25, 0.3) is 0 Å². The Bertz CT molecular complexity index is 286. The predicted octanol–water partition coefficient (Wildman–Crippen LogP) is 2.44. The third-order valence-corrected chi connectivity index (χ3v) is 4.98. The van der Waals surface area contributed by atoms with Crippen LogP contribution in [0.4, 0.5) is 0 Å². The maximum Gasteiger partial charge on any atom is 0.237 e. The van der Waals surface area contributed by atoms with Gasteiger partial charge in [-0.15, -0.1) is 0 Å². The Kier molecular flexibility index (Phi) is 4.66. The zero-order chi connectivity index (χ0) is 13.1. The van der Waals surface area contributed by atoms with E-state index in [0.717, 1.165) is 18.3 Å². The molecule has 4 unspecified atom stereocenters. The van der Waals surface area contributed by atoms with Crippen LogP contribution in [0.1, 0.15) is 58.8 Å². The van der Waals surface area contributed by atoms with Crippen LogP contribution in [0.2, 0.25) is 0 Å². The van der Waals surface area contributed by atoms with E-state index in [9.17, 15) is 4.79 Å². The zero-order valence-electron chi connectivity index (χ0n) is 11.8. The number of nitrogens with one attached hydrogen (secondary N) is 1. The van der Waals surface area contributed by atoms with Crippen LogP contribution in [-0.4, -0.2) is 18.0 Å². The lowest BCUT2D eigenvalue weighted by molar-refractivity contribution is -0.123. The van der Waals surface area contributed by atoms with E-state index in [1.807, 2.05) is 0 Å². The first-order valence-corrected chi connectivity index (χ1v) is 7.69. The van der Waals surface area contributed by atoms with Gasteiger partial charge < -0.3 is 11.1 Å². The van der Waals surface area contributed by atoms with Gasteiger partial charge in [0.2, 0.25) is 5.91 Å². The summed E-state index contributed by atoms with van der Waals surface area (Å²) >= 11 is 0. The summed E-state index contributed by atoms with van der Waals surface area (Å²) in [6.07, 6.45) is 9.05. The van der Waals surface area contributed by atoms with Gasteiger partial charge in [-0.25, -0.2) is 0 Å². The van der Waals surface area contributed by atoms with Crippen LogP contribution < -0.4 is 11.1 Å². The molecule has 4 atom stereocenters. The van der Waals surface area contributed by atoms with Crippen molar-refractivity contribution in [3.63, 3.8) is 0 Å². The number of carbonyl (C=O) groups is 1. The van der Waals surface area contributed by atoms with Gasteiger partial charge in [-0.05, 0) is 24.2 Å². The fourth-order valence-electron chi connectivity index (χ4n) is 3.26. The van der Waals surface area contributed by atoms with Gasteiger partial charge in [-0.1, -0.05) is 52.4 Å². The topological polar surface area (TPSA) is 55.1 Å². The van der Waals surface area contributed by atoms with E-state index in [2.05, 4.69) is 19.2 Å². The summed E-state index contributed by atoms with van der Waals surface area (Å²) in [5.74, 6) is 1.95. The monoisotopic (exact) mass is 252 g/mol. The fraction of sp³-hybridized carbons (Fsp3) is 0.933. The first kappa shape index (κ1) is 13.9. The molecule has 3 nitrogen and oxygen atoms in total. The molecule has 2 aliphatic carbocycles. The van der Waals surface area contributed by atoms with Crippen molar-refractivity contribution in [1.29, 1.82) is 0 Å². The van der Waals surface area contributed by atoms with E-state index in [1.165, 1.54) is 38.5 Å². The van der Waals surface area contributed by atoms with Crippen molar-refractivity contribution >= 4 is 5.91 Å². The van der Waals surface area contributed by atoms with Crippen molar-refractivity contribution in [2.24, 2.45) is 23.5 Å². The smallest absolute Gasteiger partial charge is 0.237 e. The molecular weight excluding hydrogens is 224 g/mol. The van der Waals surface area contributed by atoms with Crippen LogP contribution in [-0.2, 0) is 4.79 Å². The summed E-state index contributed by atoms with van der Waals surface area (Å²) in [7, 11) is 0. The number of amides is 1. The van der Waals surface area contributed by atoms with Crippen molar-refractivity contribution in [1.82, 2.24) is 5.32 Å². The molecule has 2 saturated carbocycles. The first-order valence-electron chi connectivity index (χ1n) is 7.69. The number of carbonyl (C=O) groups excluding carboxylic acids is 1. The van der Waals surface area contributed by atoms with E-state index < -0.39 is 0 Å². The lowest BCUT2D eigenvalue weighted by Crippen LogP contribution is -2.45. The first-order chi connectivity index (χ1) is 8.63. The van der Waals surface area contributed by atoms with E-state index in [-0.39, 0.29) is 17.9 Å². The van der Waals surface area contributed by atoms with Crippen LogP contribution >= 0.6 is 0 Å². The van der Waals surface area contributed by atoms with E-state index in [0.29, 0.717) is 6.04 Å². The number of hydrogen-bond acceptors (Lipinski definition) is 2. The van der Waals surface area contributed by atoms with Crippen molar-refractivity contribution in [2.75, 3.05) is 0 Å². The van der Waals surface area contributed by atoms with Crippen molar-refractivity contribution in [3.8, 4) is 0 Å². The quantitative estimate of drug-likeness (QED) is 0.789. The molecule has 2 fully saturated rings. The maximum atomic E-state index is 12.0. The van der Waals surface area contributed by atoms with Crippen LogP contribution in [0.25, 0.3) is 0 Å². The summed E-state index contributed by atoms with van der Waals surface area (Å²) < 4.78 is 0. The molecule has 0 aromatic carbocycles. The average molecular weight is 252 g/mol. The highest BCUT2D eigenvalue weighted by Gasteiger charge is 2.44. The number of nitrogens with two attached hydrogens (primary N) is 1. The normalized spacial score (nSPS) is 31.7. The summed E-state index contributed by atoms with van der Waals surface area (Å²) in [6, 6.07) is 0.0957. The minimum absolute atomic E-state index is 0.0626. The molecule has 0 saturated heterocycles. The second-order valence-electron chi connectivity index (χ2n) is 6.32. The number of rotatable bonds is 5. The summed E-state index contributed by atoms with van der Waals surface area (Å²) in [5, 5.41) is 3.15. The molecule has 3 N–H and O–H groups in total. The zero-order valence-corrected chi connectivity index (χ0v) is 11.8. The molecule has 1 amide bonds. The van der Waals surface area contributed by atoms with E-state index in [1.54, 1.807) is 0 Å². The SMILES string of the molecule is CCC(C)C(N)C(=O)NC1CC1C1CCCCC1. The highest BCUT2D eigenvalue weighted by molar-refractivity contribution is 5.82. The Hall–Kier alpha value is -0.570. The molecule has 2 aliphatic rings. The van der Waals surface area contributed by atoms with Gasteiger partial charge in [0.05, 0.1) is 6.04 Å². The van der Waals surface area contributed by atoms with Crippen LogP contribution in [0, 0.1) is 17.8 Å². The van der Waals surface area contributed by atoms with Crippen molar-refractivity contribution < 1.29 is 4.79 Å². The van der Waals surface area contributed by atoms with Gasteiger partial charge in [-0.2, -0.15) is 0 Å². The fourth-order valence-corrected chi connectivity index (χ4v) is 3.26. The van der Waals surface area contributed by atoms with Crippen LogP contribution in [0.5, 0.6) is 0 Å². The molecule has 104 valence electrons. The van der Waals surface area contributed by atoms with Gasteiger partial charge in [0, 0.05) is 6.04 Å². The minimum Gasteiger partial charge on any atom is -0.352 e. The van der Waals surface area contributed by atoms with Gasteiger partial charge in [0.1, 0.15) is 0 Å². The van der Waals surface area contributed by atoms with Crippen molar-refractivity contribution in [2.45, 2.75) is 70.9 Å². The maximum absolute atomic E-state index is 12.0. The predicted molar refractivity (Wildman–Crippen MR) is 74.0 cm³/mol. The Morgan fingerprint density at radius 2 is 2.00 bits per heavy atom. The molecule has 0 aromatic rings. The third-order valence-electron chi connectivity index (χ3n) is 4.98. The second-order valence-corrected chi connectivity index (χ2v) is 6.32. The molecular formula is C15H28N2O. The van der Waals surface area contributed by atoms with Gasteiger partial charge in [-0.3, -0.25) is 4.79 Å². The lowest BCUT2D eigenvalue weighted by Gasteiger charge is -2.22. The molecule has 0 bridgehead atoms. The molecule has 0 spiro atoms. The molecule has 2 rings (SSSR count). The largest absolute Gasteiger partial charge is 0.352 e. The lowest BCUT2D eigenvalue weighted by atomic mass is 9.85. The Balaban J connectivity index is 1.73. The Morgan fingerprint density at radius 1 is 1.33 bits per heavy atom. The van der Waals surface area contributed by atoms with Gasteiger partial charge in [0.15, 0.2) is 0 Å². The van der Waals surface area contributed by atoms with Crippen LogP contribution in [0.3, 0.4) is 0 Å². The molecule has 0 aromatic heterocycles. The molecule has 0 aliphatic heterocycles. The van der Waals surface area contributed by atoms with E-state index in [4.69, 9.17) is 5.73 Å². The van der Waals surface area contributed by atoms with E-state index >= 15 is 0 Å².